The number of carbonyl (C=O) groups excluding carboxylic acids is 1. The number of aromatic nitrogens is 3. The van der Waals surface area contributed by atoms with Crippen LogP contribution in [0.1, 0.15) is 22.0 Å². The van der Waals surface area contributed by atoms with Crippen molar-refractivity contribution in [2.75, 3.05) is 0 Å². The van der Waals surface area contributed by atoms with E-state index in [0.29, 0.717) is 11.6 Å². The van der Waals surface area contributed by atoms with Crippen LogP contribution in [0.2, 0.25) is 5.02 Å². The number of halogens is 2. The molecule has 0 aliphatic rings. The van der Waals surface area contributed by atoms with Gasteiger partial charge in [0.05, 0.1) is 12.1 Å². The number of nitrogens with zero attached hydrogens (tertiary/aromatic N) is 3. The molecule has 2 aromatic carbocycles. The monoisotopic (exact) mass is 345 g/mol. The van der Waals surface area contributed by atoms with Gasteiger partial charge in [0.1, 0.15) is 24.6 Å². The van der Waals surface area contributed by atoms with Crippen molar-refractivity contribution < 1.29 is 13.9 Å². The van der Waals surface area contributed by atoms with E-state index in [1.165, 1.54) is 36.9 Å². The number of ether oxygens (including phenoxy) is 1. The quantitative estimate of drug-likeness (QED) is 0.662. The SMILES string of the molecule is O=C(O[C@@H](Cn1cncn1)c1ccc(Cl)cc1)c1ccc(F)cc1. The van der Waals surface area contributed by atoms with Gasteiger partial charge in [-0.2, -0.15) is 5.10 Å². The lowest BCUT2D eigenvalue weighted by atomic mass is 10.1. The van der Waals surface area contributed by atoms with Gasteiger partial charge in [-0.1, -0.05) is 23.7 Å². The molecular weight excluding hydrogens is 333 g/mol. The smallest absolute Gasteiger partial charge is 0.338 e. The average molecular weight is 346 g/mol. The summed E-state index contributed by atoms with van der Waals surface area (Å²) in [5, 5.41) is 4.62. The highest BCUT2D eigenvalue weighted by molar-refractivity contribution is 6.30. The third-order valence-corrected chi connectivity index (χ3v) is 3.64. The fourth-order valence-electron chi connectivity index (χ4n) is 2.17. The molecule has 3 rings (SSSR count). The average Bonchev–Trinajstić information content (AvgIpc) is 3.08. The normalized spacial score (nSPS) is 11.9. The first-order valence-corrected chi connectivity index (χ1v) is 7.54. The van der Waals surface area contributed by atoms with Crippen LogP contribution in [-0.4, -0.2) is 20.7 Å². The molecule has 1 atom stereocenters. The van der Waals surface area contributed by atoms with E-state index in [0.717, 1.165) is 5.56 Å². The second kappa shape index (κ2) is 7.23. The second-order valence-electron chi connectivity index (χ2n) is 5.07. The molecular formula is C17H13ClFN3O2. The summed E-state index contributed by atoms with van der Waals surface area (Å²) in [6.45, 7) is 0.300. The van der Waals surface area contributed by atoms with E-state index in [2.05, 4.69) is 10.1 Å². The van der Waals surface area contributed by atoms with Gasteiger partial charge in [0.15, 0.2) is 0 Å². The third-order valence-electron chi connectivity index (χ3n) is 3.39. The van der Waals surface area contributed by atoms with Crippen molar-refractivity contribution in [1.82, 2.24) is 14.8 Å². The van der Waals surface area contributed by atoms with E-state index < -0.39 is 17.9 Å². The zero-order valence-corrected chi connectivity index (χ0v) is 13.2. The van der Waals surface area contributed by atoms with Gasteiger partial charge in [-0.3, -0.25) is 0 Å². The molecule has 0 fully saturated rings. The number of carbonyl (C=O) groups is 1. The number of hydrogen-bond acceptors (Lipinski definition) is 4. The molecule has 0 N–H and O–H groups in total. The second-order valence-corrected chi connectivity index (χ2v) is 5.51. The van der Waals surface area contributed by atoms with Crippen molar-refractivity contribution in [1.29, 1.82) is 0 Å². The van der Waals surface area contributed by atoms with E-state index in [-0.39, 0.29) is 5.56 Å². The van der Waals surface area contributed by atoms with Crippen LogP contribution >= 0.6 is 11.6 Å². The Balaban J connectivity index is 1.82. The van der Waals surface area contributed by atoms with Crippen LogP contribution in [0.15, 0.2) is 61.2 Å². The van der Waals surface area contributed by atoms with Gasteiger partial charge in [-0.15, -0.1) is 0 Å². The maximum absolute atomic E-state index is 13.0. The van der Waals surface area contributed by atoms with E-state index in [9.17, 15) is 9.18 Å². The number of esters is 1. The lowest BCUT2D eigenvalue weighted by Gasteiger charge is -2.18. The van der Waals surface area contributed by atoms with Gasteiger partial charge in [-0.05, 0) is 42.0 Å². The number of hydrogen-bond donors (Lipinski definition) is 0. The molecule has 122 valence electrons. The Bertz CT molecular complexity index is 805. The predicted molar refractivity (Wildman–Crippen MR) is 86.0 cm³/mol. The zero-order chi connectivity index (χ0) is 16.9. The first-order valence-electron chi connectivity index (χ1n) is 7.16. The van der Waals surface area contributed by atoms with Crippen LogP contribution < -0.4 is 0 Å². The maximum atomic E-state index is 13.0. The molecule has 0 amide bonds. The van der Waals surface area contributed by atoms with E-state index in [1.807, 2.05) is 0 Å². The zero-order valence-electron chi connectivity index (χ0n) is 12.5. The summed E-state index contributed by atoms with van der Waals surface area (Å²) >= 11 is 5.90. The molecule has 1 heterocycles. The summed E-state index contributed by atoms with van der Waals surface area (Å²) in [5.74, 6) is -0.960. The van der Waals surface area contributed by atoms with Gasteiger partial charge in [0.25, 0.3) is 0 Å². The van der Waals surface area contributed by atoms with E-state index >= 15 is 0 Å². The topological polar surface area (TPSA) is 57.0 Å². The minimum atomic E-state index is -0.582. The number of rotatable bonds is 5. The van der Waals surface area contributed by atoms with Crippen molar-refractivity contribution >= 4 is 17.6 Å². The summed E-state index contributed by atoms with van der Waals surface area (Å²) in [4.78, 5) is 16.2. The highest BCUT2D eigenvalue weighted by Gasteiger charge is 2.19. The largest absolute Gasteiger partial charge is 0.452 e. The molecule has 0 radical (unpaired) electrons. The fraction of sp³-hybridized carbons (Fsp3) is 0.118. The first kappa shape index (κ1) is 16.1. The van der Waals surface area contributed by atoms with Crippen LogP contribution in [0, 0.1) is 5.82 Å². The summed E-state index contributed by atoms with van der Waals surface area (Å²) < 4.78 is 20.1. The lowest BCUT2D eigenvalue weighted by Crippen LogP contribution is -2.17. The van der Waals surface area contributed by atoms with Crippen LogP contribution in [-0.2, 0) is 11.3 Å². The molecule has 24 heavy (non-hydrogen) atoms. The standard InChI is InChI=1S/C17H13ClFN3O2/c18-14-5-1-12(2-6-14)16(9-22-11-20-10-21-22)24-17(23)13-3-7-15(19)8-4-13/h1-8,10-11,16H,9H2/t16-/m0/s1. The Labute approximate surface area is 142 Å². The highest BCUT2D eigenvalue weighted by atomic mass is 35.5. The Morgan fingerprint density at radius 2 is 1.88 bits per heavy atom. The minimum absolute atomic E-state index is 0.272. The molecule has 7 heteroatoms. The summed E-state index contributed by atoms with van der Waals surface area (Å²) in [6, 6.07) is 12.2. The van der Waals surface area contributed by atoms with E-state index in [1.54, 1.807) is 28.9 Å². The van der Waals surface area contributed by atoms with Gasteiger partial charge >= 0.3 is 5.97 Å². The van der Waals surface area contributed by atoms with Crippen molar-refractivity contribution in [3.63, 3.8) is 0 Å². The molecule has 0 saturated carbocycles. The van der Waals surface area contributed by atoms with Crippen molar-refractivity contribution in [3.8, 4) is 0 Å². The van der Waals surface area contributed by atoms with Crippen LogP contribution in [0.5, 0.6) is 0 Å². The number of benzene rings is 2. The molecule has 0 aliphatic carbocycles. The predicted octanol–water partition coefficient (Wildman–Crippen LogP) is 3.67. The van der Waals surface area contributed by atoms with Gasteiger partial charge < -0.3 is 4.74 Å². The van der Waals surface area contributed by atoms with Crippen LogP contribution in [0.4, 0.5) is 4.39 Å². The summed E-state index contributed by atoms with van der Waals surface area (Å²) in [6.07, 6.45) is 2.36. The molecule has 0 spiro atoms. The molecule has 5 nitrogen and oxygen atoms in total. The third kappa shape index (κ3) is 3.97. The Kier molecular flexibility index (Phi) is 4.86. The molecule has 0 aliphatic heterocycles. The van der Waals surface area contributed by atoms with Crippen molar-refractivity contribution in [2.24, 2.45) is 0 Å². The maximum Gasteiger partial charge on any atom is 0.338 e. The van der Waals surface area contributed by atoms with Gasteiger partial charge in [0, 0.05) is 5.02 Å². The van der Waals surface area contributed by atoms with E-state index in [4.69, 9.17) is 16.3 Å². The van der Waals surface area contributed by atoms with Crippen LogP contribution in [0.25, 0.3) is 0 Å². The summed E-state index contributed by atoms with van der Waals surface area (Å²) in [7, 11) is 0. The molecule has 0 unspecified atom stereocenters. The molecule has 1 aromatic heterocycles. The molecule has 3 aromatic rings. The Morgan fingerprint density at radius 3 is 2.50 bits per heavy atom. The van der Waals surface area contributed by atoms with Crippen molar-refractivity contribution in [3.05, 3.63) is 83.2 Å². The Hall–Kier alpha value is -2.73. The molecule has 0 bridgehead atoms. The minimum Gasteiger partial charge on any atom is -0.452 e. The van der Waals surface area contributed by atoms with Gasteiger partial charge in [-0.25, -0.2) is 18.9 Å². The summed E-state index contributed by atoms with van der Waals surface area (Å²) in [5.41, 5.74) is 1.04. The molecule has 0 saturated heterocycles. The Morgan fingerprint density at radius 1 is 1.17 bits per heavy atom. The van der Waals surface area contributed by atoms with Crippen molar-refractivity contribution in [2.45, 2.75) is 12.6 Å². The highest BCUT2D eigenvalue weighted by Crippen LogP contribution is 2.23. The van der Waals surface area contributed by atoms with Crippen LogP contribution in [0.3, 0.4) is 0 Å². The lowest BCUT2D eigenvalue weighted by molar-refractivity contribution is 0.0246. The first-order chi connectivity index (χ1) is 11.6. The fourth-order valence-corrected chi connectivity index (χ4v) is 2.29. The van der Waals surface area contributed by atoms with Gasteiger partial charge in [0.2, 0.25) is 0 Å².